The Morgan fingerprint density at radius 3 is 3.00 bits per heavy atom. The number of hydrogen-bond acceptors (Lipinski definition) is 3. The molecule has 0 saturated carbocycles. The minimum Gasteiger partial charge on any atom is -0.303 e. The number of nitrogens with zero attached hydrogens (tertiary/aromatic N) is 3. The van der Waals surface area contributed by atoms with Crippen molar-refractivity contribution in [3.63, 3.8) is 0 Å². The third kappa shape index (κ3) is 3.13. The summed E-state index contributed by atoms with van der Waals surface area (Å²) < 4.78 is 0. The molecule has 2 heterocycles. The van der Waals surface area contributed by atoms with Gasteiger partial charge >= 0.3 is 0 Å². The van der Waals surface area contributed by atoms with E-state index in [4.69, 9.17) is 4.99 Å². The van der Waals surface area contributed by atoms with E-state index < -0.39 is 0 Å². The van der Waals surface area contributed by atoms with Gasteiger partial charge in [-0.3, -0.25) is 9.98 Å². The van der Waals surface area contributed by atoms with Crippen LogP contribution in [-0.4, -0.2) is 41.8 Å². The van der Waals surface area contributed by atoms with E-state index in [0.717, 1.165) is 18.5 Å². The standard InChI is InChI=1S/C14H21N3/c1-11-10-17(3)12(2)7-14(11)16-9-13-5-4-6-15-8-13/h4-6,8-9,11-12,14H,7,10H2,1-3H3. The maximum Gasteiger partial charge on any atom is 0.0552 e. The first-order valence-corrected chi connectivity index (χ1v) is 6.30. The fraction of sp³-hybridized carbons (Fsp3) is 0.571. The van der Waals surface area contributed by atoms with Gasteiger partial charge in [-0.2, -0.15) is 0 Å². The predicted octanol–water partition coefficient (Wildman–Crippen LogP) is 2.23. The Morgan fingerprint density at radius 1 is 1.47 bits per heavy atom. The quantitative estimate of drug-likeness (QED) is 0.730. The molecule has 1 aliphatic heterocycles. The molecule has 1 saturated heterocycles. The first-order valence-electron chi connectivity index (χ1n) is 6.30. The van der Waals surface area contributed by atoms with Crippen molar-refractivity contribution in [2.24, 2.45) is 10.9 Å². The average molecular weight is 231 g/mol. The smallest absolute Gasteiger partial charge is 0.0552 e. The van der Waals surface area contributed by atoms with Crippen LogP contribution >= 0.6 is 0 Å². The maximum atomic E-state index is 4.73. The average Bonchev–Trinajstić information content (AvgIpc) is 2.33. The molecule has 1 fully saturated rings. The van der Waals surface area contributed by atoms with E-state index in [9.17, 15) is 0 Å². The summed E-state index contributed by atoms with van der Waals surface area (Å²) in [5.74, 6) is 0.629. The minimum atomic E-state index is 0.446. The largest absolute Gasteiger partial charge is 0.303 e. The zero-order valence-electron chi connectivity index (χ0n) is 10.9. The molecule has 0 spiro atoms. The van der Waals surface area contributed by atoms with E-state index >= 15 is 0 Å². The van der Waals surface area contributed by atoms with Crippen LogP contribution in [0.25, 0.3) is 0 Å². The second-order valence-corrected chi connectivity index (χ2v) is 5.13. The summed E-state index contributed by atoms with van der Waals surface area (Å²) in [6, 6.07) is 5.06. The van der Waals surface area contributed by atoms with Gasteiger partial charge < -0.3 is 4.90 Å². The second kappa shape index (κ2) is 5.41. The molecule has 0 aliphatic carbocycles. The first kappa shape index (κ1) is 12.2. The van der Waals surface area contributed by atoms with Gasteiger partial charge in [0, 0.05) is 36.8 Å². The first-order chi connectivity index (χ1) is 8.16. The molecule has 1 aromatic heterocycles. The van der Waals surface area contributed by atoms with Gasteiger partial charge in [-0.15, -0.1) is 0 Å². The molecule has 3 unspecified atom stereocenters. The molecule has 0 aromatic carbocycles. The predicted molar refractivity (Wildman–Crippen MR) is 71.5 cm³/mol. The number of likely N-dealkylation sites (tertiary alicyclic amines) is 1. The fourth-order valence-corrected chi connectivity index (χ4v) is 2.36. The molecule has 0 bridgehead atoms. The van der Waals surface area contributed by atoms with E-state index in [2.05, 4.69) is 30.8 Å². The van der Waals surface area contributed by atoms with Crippen molar-refractivity contribution in [3.05, 3.63) is 30.1 Å². The molecule has 3 heteroatoms. The number of aromatic nitrogens is 1. The van der Waals surface area contributed by atoms with Gasteiger partial charge in [0.25, 0.3) is 0 Å². The lowest BCUT2D eigenvalue weighted by Crippen LogP contribution is -2.44. The number of pyridine rings is 1. The van der Waals surface area contributed by atoms with Crippen LogP contribution in [0.2, 0.25) is 0 Å². The van der Waals surface area contributed by atoms with Crippen LogP contribution in [0.3, 0.4) is 0 Å². The highest BCUT2D eigenvalue weighted by molar-refractivity contribution is 5.79. The molecular formula is C14H21N3. The van der Waals surface area contributed by atoms with Crippen molar-refractivity contribution in [1.29, 1.82) is 0 Å². The number of aliphatic imine (C=N–C) groups is 1. The Balaban J connectivity index is 2.01. The molecule has 1 aliphatic rings. The van der Waals surface area contributed by atoms with Crippen LogP contribution in [0, 0.1) is 5.92 Å². The molecular weight excluding hydrogens is 210 g/mol. The van der Waals surface area contributed by atoms with Crippen molar-refractivity contribution in [1.82, 2.24) is 9.88 Å². The van der Waals surface area contributed by atoms with Crippen LogP contribution in [0.5, 0.6) is 0 Å². The SMILES string of the molecule is CC1CN(C)C(C)CC1N=Cc1cccnc1. The zero-order chi connectivity index (χ0) is 12.3. The monoisotopic (exact) mass is 231 g/mol. The highest BCUT2D eigenvalue weighted by atomic mass is 15.1. The lowest BCUT2D eigenvalue weighted by molar-refractivity contribution is 0.139. The summed E-state index contributed by atoms with van der Waals surface area (Å²) in [5.41, 5.74) is 1.09. The van der Waals surface area contributed by atoms with Crippen LogP contribution in [0.4, 0.5) is 0 Å². The van der Waals surface area contributed by atoms with Crippen molar-refractivity contribution < 1.29 is 0 Å². The van der Waals surface area contributed by atoms with Gasteiger partial charge in [-0.1, -0.05) is 13.0 Å². The van der Waals surface area contributed by atoms with Crippen molar-refractivity contribution in [2.45, 2.75) is 32.4 Å². The minimum absolute atomic E-state index is 0.446. The van der Waals surface area contributed by atoms with Gasteiger partial charge in [0.1, 0.15) is 0 Å². The summed E-state index contributed by atoms with van der Waals surface area (Å²) >= 11 is 0. The van der Waals surface area contributed by atoms with E-state index in [1.807, 2.05) is 24.5 Å². The van der Waals surface area contributed by atoms with Gasteiger partial charge in [-0.05, 0) is 32.4 Å². The number of hydrogen-bond donors (Lipinski definition) is 0. The van der Waals surface area contributed by atoms with Crippen molar-refractivity contribution in [3.8, 4) is 0 Å². The molecule has 17 heavy (non-hydrogen) atoms. The Hall–Kier alpha value is -1.22. The van der Waals surface area contributed by atoms with E-state index in [0.29, 0.717) is 18.0 Å². The van der Waals surface area contributed by atoms with Gasteiger partial charge in [-0.25, -0.2) is 0 Å². The lowest BCUT2D eigenvalue weighted by atomic mass is 9.90. The van der Waals surface area contributed by atoms with Crippen LogP contribution < -0.4 is 0 Å². The van der Waals surface area contributed by atoms with Crippen molar-refractivity contribution >= 4 is 6.21 Å². The normalized spacial score (nSPS) is 30.9. The summed E-state index contributed by atoms with van der Waals surface area (Å²) in [6.07, 6.45) is 6.75. The summed E-state index contributed by atoms with van der Waals surface area (Å²) in [7, 11) is 2.20. The molecule has 92 valence electrons. The van der Waals surface area contributed by atoms with Crippen molar-refractivity contribution in [2.75, 3.05) is 13.6 Å². The van der Waals surface area contributed by atoms with E-state index in [1.54, 1.807) is 6.20 Å². The summed E-state index contributed by atoms with van der Waals surface area (Å²) in [6.45, 7) is 5.70. The molecule has 0 N–H and O–H groups in total. The molecule has 3 atom stereocenters. The van der Waals surface area contributed by atoms with E-state index in [1.165, 1.54) is 0 Å². The molecule has 2 rings (SSSR count). The highest BCUT2D eigenvalue weighted by Crippen LogP contribution is 2.23. The molecule has 1 aromatic rings. The molecule has 0 radical (unpaired) electrons. The Labute approximate surface area is 104 Å². The van der Waals surface area contributed by atoms with Crippen LogP contribution in [-0.2, 0) is 0 Å². The number of piperidine rings is 1. The van der Waals surface area contributed by atoms with Gasteiger partial charge in [0.2, 0.25) is 0 Å². The number of rotatable bonds is 2. The van der Waals surface area contributed by atoms with Gasteiger partial charge in [0.05, 0.1) is 6.04 Å². The highest BCUT2D eigenvalue weighted by Gasteiger charge is 2.27. The topological polar surface area (TPSA) is 28.5 Å². The third-order valence-corrected chi connectivity index (χ3v) is 3.67. The Kier molecular flexibility index (Phi) is 3.89. The molecule has 3 nitrogen and oxygen atoms in total. The van der Waals surface area contributed by atoms with E-state index in [-0.39, 0.29) is 0 Å². The third-order valence-electron chi connectivity index (χ3n) is 3.67. The fourth-order valence-electron chi connectivity index (χ4n) is 2.36. The lowest BCUT2D eigenvalue weighted by Gasteiger charge is -2.37. The van der Waals surface area contributed by atoms with Crippen LogP contribution in [0.1, 0.15) is 25.8 Å². The molecule has 0 amide bonds. The van der Waals surface area contributed by atoms with Crippen LogP contribution in [0.15, 0.2) is 29.5 Å². The summed E-state index contributed by atoms with van der Waals surface area (Å²) in [5, 5.41) is 0. The summed E-state index contributed by atoms with van der Waals surface area (Å²) in [4.78, 5) is 11.2. The second-order valence-electron chi connectivity index (χ2n) is 5.13. The zero-order valence-corrected chi connectivity index (χ0v) is 10.9. The Bertz CT molecular complexity index is 374. The maximum absolute atomic E-state index is 4.73. The van der Waals surface area contributed by atoms with Gasteiger partial charge in [0.15, 0.2) is 0 Å². The Morgan fingerprint density at radius 2 is 2.29 bits per heavy atom.